The summed E-state index contributed by atoms with van der Waals surface area (Å²) < 4.78 is 0. The predicted molar refractivity (Wildman–Crippen MR) is 113 cm³/mol. The second-order valence-electron chi connectivity index (χ2n) is 8.35. The van der Waals surface area contributed by atoms with Crippen LogP contribution in [0.15, 0.2) is 41.1 Å². The highest BCUT2D eigenvalue weighted by atomic mass is 32.1. The number of carbonyl (C=O) groups is 2. The predicted octanol–water partition coefficient (Wildman–Crippen LogP) is 3.97. The lowest BCUT2D eigenvalue weighted by molar-refractivity contribution is -0.134. The number of carbonyl (C=O) groups excluding carboxylic acids is 2. The number of hydrogen-bond acceptors (Lipinski definition) is 3. The topological polar surface area (TPSA) is 49.4 Å². The quantitative estimate of drug-likeness (QED) is 0.803. The number of rotatable bonds is 6. The summed E-state index contributed by atoms with van der Waals surface area (Å²) in [5, 5.41) is 7.24. The van der Waals surface area contributed by atoms with Crippen LogP contribution in [0, 0.1) is 17.3 Å². The summed E-state index contributed by atoms with van der Waals surface area (Å²) in [4.78, 5) is 27.6. The van der Waals surface area contributed by atoms with E-state index in [0.29, 0.717) is 32.0 Å². The van der Waals surface area contributed by atoms with Crippen molar-refractivity contribution in [2.24, 2.45) is 17.3 Å². The van der Waals surface area contributed by atoms with Gasteiger partial charge in [0.2, 0.25) is 11.8 Å². The second-order valence-corrected chi connectivity index (χ2v) is 9.13. The molecule has 2 amide bonds. The van der Waals surface area contributed by atoms with E-state index in [1.807, 2.05) is 11.8 Å². The van der Waals surface area contributed by atoms with Crippen LogP contribution in [-0.4, -0.2) is 36.3 Å². The monoisotopic (exact) mass is 396 g/mol. The number of nitrogens with one attached hydrogen (secondary N) is 1. The van der Waals surface area contributed by atoms with Crippen LogP contribution in [0.5, 0.6) is 0 Å². The molecule has 4 rings (SSSR count). The molecule has 0 spiro atoms. The Labute approximate surface area is 170 Å². The third-order valence-corrected chi connectivity index (χ3v) is 6.95. The zero-order valence-corrected chi connectivity index (χ0v) is 17.4. The maximum Gasteiger partial charge on any atom is 0.228 e. The Morgan fingerprint density at radius 1 is 1.21 bits per heavy atom. The van der Waals surface area contributed by atoms with Gasteiger partial charge in [-0.25, -0.2) is 0 Å². The molecule has 0 radical (unpaired) electrons. The Hall–Kier alpha value is -2.14. The maximum atomic E-state index is 13.0. The molecule has 1 N–H and O–H groups in total. The van der Waals surface area contributed by atoms with Crippen molar-refractivity contribution in [2.45, 2.75) is 33.1 Å². The van der Waals surface area contributed by atoms with Gasteiger partial charge in [0.25, 0.3) is 0 Å². The first kappa shape index (κ1) is 19.2. The molecule has 2 heterocycles. The molecule has 1 saturated heterocycles. The SMILES string of the molecule is CCNC(=O)[C@]1(Cc2ccc(-c3ccsc3)cc2)CCN(C(=O)[C@H]2C[C@@H]2C)C1. The summed E-state index contributed by atoms with van der Waals surface area (Å²) in [7, 11) is 0. The van der Waals surface area contributed by atoms with E-state index in [1.165, 1.54) is 11.1 Å². The molecule has 148 valence electrons. The summed E-state index contributed by atoms with van der Waals surface area (Å²) >= 11 is 1.69. The van der Waals surface area contributed by atoms with Gasteiger partial charge in [0.05, 0.1) is 5.41 Å². The number of likely N-dealkylation sites (tertiary alicyclic amines) is 1. The largest absolute Gasteiger partial charge is 0.356 e. The van der Waals surface area contributed by atoms with E-state index < -0.39 is 5.41 Å². The Morgan fingerprint density at radius 3 is 2.57 bits per heavy atom. The standard InChI is InChI=1S/C23H28N2O2S/c1-3-24-22(27)23(9-10-25(15-23)21(26)20-12-16(20)2)13-17-4-6-18(7-5-17)19-8-11-28-14-19/h4-8,11,14,16,20H,3,9-10,12-13,15H2,1-2H3,(H,24,27)/t16-,20-,23-/m0/s1. The highest BCUT2D eigenvalue weighted by Crippen LogP contribution is 2.42. The van der Waals surface area contributed by atoms with Gasteiger partial charge < -0.3 is 10.2 Å². The summed E-state index contributed by atoms with van der Waals surface area (Å²) in [6.07, 6.45) is 2.40. The molecule has 1 saturated carbocycles. The molecule has 0 bridgehead atoms. The van der Waals surface area contributed by atoms with Crippen molar-refractivity contribution in [1.29, 1.82) is 0 Å². The van der Waals surface area contributed by atoms with Crippen molar-refractivity contribution >= 4 is 23.2 Å². The van der Waals surface area contributed by atoms with Crippen molar-refractivity contribution in [3.8, 4) is 11.1 Å². The van der Waals surface area contributed by atoms with Crippen molar-refractivity contribution in [3.63, 3.8) is 0 Å². The van der Waals surface area contributed by atoms with Gasteiger partial charge in [-0.1, -0.05) is 31.2 Å². The van der Waals surface area contributed by atoms with Crippen LogP contribution in [0.25, 0.3) is 11.1 Å². The molecule has 3 atom stereocenters. The molecule has 2 aromatic rings. The molecule has 2 fully saturated rings. The van der Waals surface area contributed by atoms with Crippen LogP contribution in [0.2, 0.25) is 0 Å². The normalized spacial score (nSPS) is 26.3. The van der Waals surface area contributed by atoms with Crippen molar-refractivity contribution in [2.75, 3.05) is 19.6 Å². The fourth-order valence-corrected chi connectivity index (χ4v) is 5.02. The molecule has 1 aliphatic carbocycles. The molecule has 5 heteroatoms. The van der Waals surface area contributed by atoms with E-state index in [-0.39, 0.29) is 17.7 Å². The minimum atomic E-state index is -0.520. The number of hydrogen-bond donors (Lipinski definition) is 1. The minimum absolute atomic E-state index is 0.0797. The lowest BCUT2D eigenvalue weighted by atomic mass is 9.79. The molecular weight excluding hydrogens is 368 g/mol. The van der Waals surface area contributed by atoms with Gasteiger partial charge in [0.15, 0.2) is 0 Å². The Balaban J connectivity index is 1.52. The lowest BCUT2D eigenvalue weighted by Crippen LogP contribution is -2.45. The van der Waals surface area contributed by atoms with Gasteiger partial charge in [-0.2, -0.15) is 11.3 Å². The summed E-state index contributed by atoms with van der Waals surface area (Å²) in [6.45, 7) is 5.92. The first-order valence-corrected chi connectivity index (χ1v) is 11.2. The molecule has 4 nitrogen and oxygen atoms in total. The molecule has 0 unspecified atom stereocenters. The van der Waals surface area contributed by atoms with Gasteiger partial charge in [0.1, 0.15) is 0 Å². The van der Waals surface area contributed by atoms with Crippen LogP contribution in [0.4, 0.5) is 0 Å². The molecule has 1 aromatic heterocycles. The summed E-state index contributed by atoms with van der Waals surface area (Å²) in [6, 6.07) is 10.6. The molecular formula is C23H28N2O2S. The fraction of sp³-hybridized carbons (Fsp3) is 0.478. The first-order valence-electron chi connectivity index (χ1n) is 10.2. The first-order chi connectivity index (χ1) is 13.5. The van der Waals surface area contributed by atoms with Crippen molar-refractivity contribution < 1.29 is 9.59 Å². The van der Waals surface area contributed by atoms with E-state index >= 15 is 0 Å². The zero-order valence-electron chi connectivity index (χ0n) is 16.6. The highest BCUT2D eigenvalue weighted by molar-refractivity contribution is 7.08. The van der Waals surface area contributed by atoms with Crippen LogP contribution < -0.4 is 5.32 Å². The van der Waals surface area contributed by atoms with Crippen molar-refractivity contribution in [3.05, 3.63) is 46.7 Å². The van der Waals surface area contributed by atoms with E-state index in [2.05, 4.69) is 53.3 Å². The van der Waals surface area contributed by atoms with Crippen LogP contribution in [0.1, 0.15) is 32.3 Å². The maximum absolute atomic E-state index is 13.0. The molecule has 1 aliphatic heterocycles. The van der Waals surface area contributed by atoms with Gasteiger partial charge in [-0.05, 0) is 65.6 Å². The van der Waals surface area contributed by atoms with Gasteiger partial charge in [0, 0.05) is 25.6 Å². The van der Waals surface area contributed by atoms with E-state index in [0.717, 1.165) is 18.4 Å². The number of benzene rings is 1. The van der Waals surface area contributed by atoms with E-state index in [1.54, 1.807) is 11.3 Å². The number of nitrogens with zero attached hydrogens (tertiary/aromatic N) is 1. The van der Waals surface area contributed by atoms with Gasteiger partial charge in [-0.15, -0.1) is 0 Å². The zero-order chi connectivity index (χ0) is 19.7. The van der Waals surface area contributed by atoms with Gasteiger partial charge >= 0.3 is 0 Å². The average Bonchev–Trinajstić information content (AvgIpc) is 3.10. The second kappa shape index (κ2) is 7.70. The molecule has 1 aromatic carbocycles. The number of amides is 2. The third kappa shape index (κ3) is 3.72. The lowest BCUT2D eigenvalue weighted by Gasteiger charge is -2.28. The smallest absolute Gasteiger partial charge is 0.228 e. The summed E-state index contributed by atoms with van der Waals surface area (Å²) in [5.74, 6) is 0.995. The van der Waals surface area contributed by atoms with Crippen LogP contribution in [-0.2, 0) is 16.0 Å². The number of thiophene rings is 1. The molecule has 2 aliphatic rings. The highest BCUT2D eigenvalue weighted by Gasteiger charge is 2.49. The Kier molecular flexibility index (Phi) is 5.28. The van der Waals surface area contributed by atoms with Crippen LogP contribution >= 0.6 is 11.3 Å². The Morgan fingerprint density at radius 2 is 1.96 bits per heavy atom. The van der Waals surface area contributed by atoms with Gasteiger partial charge in [-0.3, -0.25) is 9.59 Å². The average molecular weight is 397 g/mol. The van der Waals surface area contributed by atoms with E-state index in [4.69, 9.17) is 0 Å². The fourth-order valence-electron chi connectivity index (χ4n) is 4.35. The van der Waals surface area contributed by atoms with Crippen LogP contribution in [0.3, 0.4) is 0 Å². The molecule has 28 heavy (non-hydrogen) atoms. The summed E-state index contributed by atoms with van der Waals surface area (Å²) in [5.41, 5.74) is 3.06. The van der Waals surface area contributed by atoms with E-state index in [9.17, 15) is 9.59 Å². The minimum Gasteiger partial charge on any atom is -0.356 e. The third-order valence-electron chi connectivity index (χ3n) is 6.26. The van der Waals surface area contributed by atoms with Crippen molar-refractivity contribution in [1.82, 2.24) is 10.2 Å². The Bertz CT molecular complexity index is 846.